The van der Waals surface area contributed by atoms with Crippen molar-refractivity contribution in [1.29, 1.82) is 0 Å². The second kappa shape index (κ2) is 7.68. The fourth-order valence-corrected chi connectivity index (χ4v) is 2.95. The van der Waals surface area contributed by atoms with Crippen LogP contribution in [-0.4, -0.2) is 29.1 Å². The lowest BCUT2D eigenvalue weighted by atomic mass is 9.86. The smallest absolute Gasteiger partial charge is 0.342 e. The molecular formula is C17H22ClNO4. The molecule has 0 saturated heterocycles. The van der Waals surface area contributed by atoms with Gasteiger partial charge in [0.05, 0.1) is 0 Å². The van der Waals surface area contributed by atoms with Crippen molar-refractivity contribution in [2.45, 2.75) is 51.7 Å². The summed E-state index contributed by atoms with van der Waals surface area (Å²) in [5, 5.41) is 13.0. The van der Waals surface area contributed by atoms with Crippen molar-refractivity contribution in [3.8, 4) is 5.75 Å². The van der Waals surface area contributed by atoms with E-state index in [0.29, 0.717) is 10.9 Å². The number of amides is 1. The molecule has 2 rings (SSSR count). The van der Waals surface area contributed by atoms with E-state index >= 15 is 0 Å². The molecule has 0 aliphatic heterocycles. The highest BCUT2D eigenvalue weighted by Gasteiger charge is 2.27. The van der Waals surface area contributed by atoms with Crippen molar-refractivity contribution in [3.63, 3.8) is 0 Å². The number of benzene rings is 1. The SMILES string of the molecule is C[C@@H]1CCCC[C@H]1NC(=O)[C@@H](C)OC(=O)c1ccc(Cl)cc1O. The molecule has 3 atom stereocenters. The molecule has 1 aromatic carbocycles. The number of aromatic hydroxyl groups is 1. The van der Waals surface area contributed by atoms with E-state index in [9.17, 15) is 14.7 Å². The molecule has 1 saturated carbocycles. The zero-order chi connectivity index (χ0) is 17.0. The third-order valence-electron chi connectivity index (χ3n) is 4.27. The van der Waals surface area contributed by atoms with Crippen LogP contribution in [0.4, 0.5) is 0 Å². The van der Waals surface area contributed by atoms with Gasteiger partial charge >= 0.3 is 5.97 Å². The first-order valence-electron chi connectivity index (χ1n) is 7.88. The maximum absolute atomic E-state index is 12.2. The molecule has 0 radical (unpaired) electrons. The summed E-state index contributed by atoms with van der Waals surface area (Å²) in [5.74, 6) is -0.906. The van der Waals surface area contributed by atoms with Gasteiger partial charge in [-0.3, -0.25) is 4.79 Å². The van der Waals surface area contributed by atoms with Gasteiger partial charge in [0.15, 0.2) is 6.10 Å². The van der Waals surface area contributed by atoms with Crippen molar-refractivity contribution in [2.75, 3.05) is 0 Å². The molecule has 0 spiro atoms. The fraction of sp³-hybridized carbons (Fsp3) is 0.529. The van der Waals surface area contributed by atoms with E-state index in [1.807, 2.05) is 0 Å². The molecule has 1 aliphatic rings. The minimum atomic E-state index is -0.924. The normalized spacial score (nSPS) is 22.2. The zero-order valence-electron chi connectivity index (χ0n) is 13.3. The van der Waals surface area contributed by atoms with E-state index in [0.717, 1.165) is 19.3 Å². The number of nitrogens with one attached hydrogen (secondary N) is 1. The maximum atomic E-state index is 12.2. The van der Waals surface area contributed by atoms with Gasteiger partial charge in [-0.2, -0.15) is 0 Å². The Labute approximate surface area is 141 Å². The molecule has 6 heteroatoms. The van der Waals surface area contributed by atoms with Gasteiger partial charge in [0.2, 0.25) is 0 Å². The summed E-state index contributed by atoms with van der Waals surface area (Å²) in [6, 6.07) is 4.23. The maximum Gasteiger partial charge on any atom is 0.342 e. The third kappa shape index (κ3) is 4.61. The summed E-state index contributed by atoms with van der Waals surface area (Å²) >= 11 is 5.72. The lowest BCUT2D eigenvalue weighted by molar-refractivity contribution is -0.130. The van der Waals surface area contributed by atoms with E-state index in [4.69, 9.17) is 16.3 Å². The van der Waals surface area contributed by atoms with Crippen molar-refractivity contribution in [2.24, 2.45) is 5.92 Å². The largest absolute Gasteiger partial charge is 0.507 e. The Balaban J connectivity index is 1.93. The number of hydrogen-bond donors (Lipinski definition) is 2. The Hall–Kier alpha value is -1.75. The average molecular weight is 340 g/mol. The summed E-state index contributed by atoms with van der Waals surface area (Å²) < 4.78 is 5.14. The Bertz CT molecular complexity index is 590. The van der Waals surface area contributed by atoms with Crippen LogP contribution < -0.4 is 5.32 Å². The molecule has 2 N–H and O–H groups in total. The second-order valence-corrected chi connectivity index (χ2v) is 6.52. The number of halogens is 1. The van der Waals surface area contributed by atoms with Gasteiger partial charge < -0.3 is 15.2 Å². The van der Waals surface area contributed by atoms with Crippen molar-refractivity contribution >= 4 is 23.5 Å². The van der Waals surface area contributed by atoms with Gasteiger partial charge in [0.25, 0.3) is 5.91 Å². The predicted molar refractivity (Wildman–Crippen MR) is 87.6 cm³/mol. The van der Waals surface area contributed by atoms with Gasteiger partial charge in [-0.05, 0) is 43.9 Å². The summed E-state index contributed by atoms with van der Waals surface area (Å²) in [4.78, 5) is 24.2. The molecule has 0 unspecified atom stereocenters. The molecule has 1 aromatic rings. The Morgan fingerprint density at radius 2 is 2.04 bits per heavy atom. The number of carbonyl (C=O) groups excluding carboxylic acids is 2. The van der Waals surface area contributed by atoms with E-state index in [-0.39, 0.29) is 23.3 Å². The number of hydrogen-bond acceptors (Lipinski definition) is 4. The first-order valence-corrected chi connectivity index (χ1v) is 8.26. The van der Waals surface area contributed by atoms with Crippen LogP contribution >= 0.6 is 11.6 Å². The molecular weight excluding hydrogens is 318 g/mol. The third-order valence-corrected chi connectivity index (χ3v) is 4.51. The molecule has 5 nitrogen and oxygen atoms in total. The van der Waals surface area contributed by atoms with Gasteiger partial charge in [-0.1, -0.05) is 31.4 Å². The van der Waals surface area contributed by atoms with Crippen LogP contribution in [0.15, 0.2) is 18.2 Å². The van der Waals surface area contributed by atoms with Crippen LogP contribution in [0.2, 0.25) is 5.02 Å². The van der Waals surface area contributed by atoms with Crippen LogP contribution in [0.3, 0.4) is 0 Å². The number of ether oxygens (including phenoxy) is 1. The lowest BCUT2D eigenvalue weighted by Gasteiger charge is -2.30. The first-order chi connectivity index (χ1) is 10.9. The highest BCUT2D eigenvalue weighted by molar-refractivity contribution is 6.30. The van der Waals surface area contributed by atoms with Gasteiger partial charge in [0, 0.05) is 11.1 Å². The monoisotopic (exact) mass is 339 g/mol. The van der Waals surface area contributed by atoms with Crippen LogP contribution in [0.5, 0.6) is 5.75 Å². The number of esters is 1. The van der Waals surface area contributed by atoms with Crippen LogP contribution in [0.25, 0.3) is 0 Å². The fourth-order valence-electron chi connectivity index (χ4n) is 2.79. The highest BCUT2D eigenvalue weighted by Crippen LogP contribution is 2.25. The molecule has 126 valence electrons. The van der Waals surface area contributed by atoms with Gasteiger partial charge in [0.1, 0.15) is 11.3 Å². The van der Waals surface area contributed by atoms with Crippen LogP contribution in [0.1, 0.15) is 49.9 Å². The Morgan fingerprint density at radius 3 is 2.70 bits per heavy atom. The summed E-state index contributed by atoms with van der Waals surface area (Å²) in [7, 11) is 0. The standard InChI is InChI=1S/C17H22ClNO4/c1-10-5-3-4-6-14(10)19-16(21)11(2)23-17(22)13-8-7-12(18)9-15(13)20/h7-11,14,20H,3-6H2,1-2H3,(H,19,21)/t10-,11-,14-/m1/s1. The van der Waals surface area contributed by atoms with Crippen molar-refractivity contribution < 1.29 is 19.4 Å². The molecule has 0 aromatic heterocycles. The minimum absolute atomic E-state index is 0.0138. The zero-order valence-corrected chi connectivity index (χ0v) is 14.1. The number of phenols is 1. The van der Waals surface area contributed by atoms with Crippen LogP contribution in [-0.2, 0) is 9.53 Å². The second-order valence-electron chi connectivity index (χ2n) is 6.09. The molecule has 1 amide bonds. The molecule has 0 bridgehead atoms. The number of rotatable bonds is 4. The minimum Gasteiger partial charge on any atom is -0.507 e. The lowest BCUT2D eigenvalue weighted by Crippen LogP contribution is -2.45. The van der Waals surface area contributed by atoms with Crippen molar-refractivity contribution in [1.82, 2.24) is 5.32 Å². The predicted octanol–water partition coefficient (Wildman–Crippen LogP) is 3.29. The van der Waals surface area contributed by atoms with Gasteiger partial charge in [-0.15, -0.1) is 0 Å². The topological polar surface area (TPSA) is 75.6 Å². The average Bonchev–Trinajstić information content (AvgIpc) is 2.49. The number of phenolic OH excluding ortho intramolecular Hbond substituents is 1. The van der Waals surface area contributed by atoms with E-state index in [1.54, 1.807) is 0 Å². The number of carbonyl (C=O) groups is 2. The Morgan fingerprint density at radius 1 is 1.35 bits per heavy atom. The van der Waals surface area contributed by atoms with E-state index in [1.165, 1.54) is 31.5 Å². The molecule has 23 heavy (non-hydrogen) atoms. The molecule has 1 fully saturated rings. The molecule has 0 heterocycles. The summed E-state index contributed by atoms with van der Waals surface area (Å²) in [5.41, 5.74) is -0.0138. The van der Waals surface area contributed by atoms with Crippen LogP contribution in [0, 0.1) is 5.92 Å². The Kier molecular flexibility index (Phi) is 5.88. The van der Waals surface area contributed by atoms with Gasteiger partial charge in [-0.25, -0.2) is 4.79 Å². The van der Waals surface area contributed by atoms with E-state index in [2.05, 4.69) is 12.2 Å². The van der Waals surface area contributed by atoms with E-state index < -0.39 is 12.1 Å². The summed E-state index contributed by atoms with van der Waals surface area (Å²) in [6.07, 6.45) is 3.41. The first kappa shape index (κ1) is 17.6. The molecule has 1 aliphatic carbocycles. The summed E-state index contributed by atoms with van der Waals surface area (Å²) in [6.45, 7) is 3.64. The highest BCUT2D eigenvalue weighted by atomic mass is 35.5. The van der Waals surface area contributed by atoms with Crippen molar-refractivity contribution in [3.05, 3.63) is 28.8 Å². The quantitative estimate of drug-likeness (QED) is 0.825.